The highest BCUT2D eigenvalue weighted by molar-refractivity contribution is 5.67. The third kappa shape index (κ3) is 6.24. The molecule has 106 valence electrons. The highest BCUT2D eigenvalue weighted by Gasteiger charge is 2.19. The lowest BCUT2D eigenvalue weighted by Crippen LogP contribution is -2.35. The molecule has 0 aromatic carbocycles. The van der Waals surface area contributed by atoms with Crippen molar-refractivity contribution in [1.82, 2.24) is 10.2 Å². The molecule has 0 atom stereocenters. The van der Waals surface area contributed by atoms with Gasteiger partial charge < -0.3 is 15.0 Å². The van der Waals surface area contributed by atoms with Crippen LogP contribution < -0.4 is 5.32 Å². The first-order chi connectivity index (χ1) is 8.38. The molecule has 0 aromatic heterocycles. The number of carbonyl (C=O) groups excluding carboxylic acids is 1. The van der Waals surface area contributed by atoms with Gasteiger partial charge in [-0.15, -0.1) is 0 Å². The van der Waals surface area contributed by atoms with Gasteiger partial charge in [0.1, 0.15) is 5.60 Å². The largest absolute Gasteiger partial charge is 0.444 e. The predicted molar refractivity (Wildman–Crippen MR) is 73.7 cm³/mol. The van der Waals surface area contributed by atoms with E-state index in [0.29, 0.717) is 0 Å². The summed E-state index contributed by atoms with van der Waals surface area (Å²) in [6.07, 6.45) is 4.62. The summed E-state index contributed by atoms with van der Waals surface area (Å²) in [4.78, 5) is 13.4. The van der Waals surface area contributed by atoms with Gasteiger partial charge in [-0.3, -0.25) is 0 Å². The quantitative estimate of drug-likeness (QED) is 0.840. The van der Waals surface area contributed by atoms with Crippen molar-refractivity contribution in [2.45, 2.75) is 52.1 Å². The SMILES string of the molecule is CN(CCCC1CCNCC1)C(=O)OC(C)(C)C. The maximum Gasteiger partial charge on any atom is 0.410 e. The Morgan fingerprint density at radius 3 is 2.50 bits per heavy atom. The summed E-state index contributed by atoms with van der Waals surface area (Å²) in [5.41, 5.74) is -0.402. The second-order valence-corrected chi connectivity index (χ2v) is 6.24. The van der Waals surface area contributed by atoms with Gasteiger partial charge in [-0.05, 0) is 65.5 Å². The Kier molecular flexibility index (Phi) is 5.93. The molecule has 0 saturated carbocycles. The Morgan fingerprint density at radius 1 is 1.33 bits per heavy atom. The molecule has 1 aliphatic heterocycles. The van der Waals surface area contributed by atoms with Crippen LogP contribution in [0.3, 0.4) is 0 Å². The number of nitrogens with zero attached hydrogens (tertiary/aromatic N) is 1. The van der Waals surface area contributed by atoms with Crippen LogP contribution in [0.25, 0.3) is 0 Å². The van der Waals surface area contributed by atoms with Crippen molar-refractivity contribution in [3.8, 4) is 0 Å². The maximum atomic E-state index is 11.7. The van der Waals surface area contributed by atoms with Crippen LogP contribution in [0.4, 0.5) is 4.79 Å². The van der Waals surface area contributed by atoms with E-state index in [0.717, 1.165) is 32.0 Å². The van der Waals surface area contributed by atoms with Crippen LogP contribution in [-0.2, 0) is 4.74 Å². The van der Waals surface area contributed by atoms with E-state index >= 15 is 0 Å². The number of carbonyl (C=O) groups is 1. The third-order valence-electron chi connectivity index (χ3n) is 3.27. The minimum atomic E-state index is -0.402. The van der Waals surface area contributed by atoms with Crippen LogP contribution in [0.15, 0.2) is 0 Å². The number of rotatable bonds is 4. The predicted octanol–water partition coefficient (Wildman–Crippen LogP) is 2.63. The minimum Gasteiger partial charge on any atom is -0.444 e. The molecular weight excluding hydrogens is 228 g/mol. The first-order valence-electron chi connectivity index (χ1n) is 7.03. The molecule has 0 aromatic rings. The van der Waals surface area contributed by atoms with Gasteiger partial charge in [0.15, 0.2) is 0 Å². The van der Waals surface area contributed by atoms with Gasteiger partial charge in [0.25, 0.3) is 0 Å². The van der Waals surface area contributed by atoms with E-state index in [-0.39, 0.29) is 6.09 Å². The topological polar surface area (TPSA) is 41.6 Å². The van der Waals surface area contributed by atoms with Gasteiger partial charge in [-0.2, -0.15) is 0 Å². The van der Waals surface area contributed by atoms with Gasteiger partial charge in [-0.25, -0.2) is 4.79 Å². The summed E-state index contributed by atoms with van der Waals surface area (Å²) in [5, 5.41) is 3.37. The van der Waals surface area contributed by atoms with Crippen molar-refractivity contribution in [2.75, 3.05) is 26.7 Å². The van der Waals surface area contributed by atoms with Crippen molar-refractivity contribution in [2.24, 2.45) is 5.92 Å². The first kappa shape index (κ1) is 15.3. The van der Waals surface area contributed by atoms with Gasteiger partial charge in [-0.1, -0.05) is 0 Å². The Balaban J connectivity index is 2.15. The van der Waals surface area contributed by atoms with Gasteiger partial charge >= 0.3 is 6.09 Å². The summed E-state index contributed by atoms with van der Waals surface area (Å²) in [6, 6.07) is 0. The van der Waals surface area contributed by atoms with E-state index in [1.807, 2.05) is 27.8 Å². The molecule has 1 fully saturated rings. The first-order valence-corrected chi connectivity index (χ1v) is 7.03. The Labute approximate surface area is 111 Å². The molecule has 4 nitrogen and oxygen atoms in total. The fourth-order valence-electron chi connectivity index (χ4n) is 2.22. The Morgan fingerprint density at radius 2 is 1.94 bits per heavy atom. The average Bonchev–Trinajstić information content (AvgIpc) is 2.28. The zero-order chi connectivity index (χ0) is 13.6. The van der Waals surface area contributed by atoms with Gasteiger partial charge in [0.2, 0.25) is 0 Å². The molecule has 1 saturated heterocycles. The van der Waals surface area contributed by atoms with Crippen LogP contribution in [0, 0.1) is 5.92 Å². The molecule has 1 heterocycles. The molecule has 0 bridgehead atoms. The molecule has 0 radical (unpaired) electrons. The van der Waals surface area contributed by atoms with Crippen molar-refractivity contribution in [1.29, 1.82) is 0 Å². The molecule has 0 unspecified atom stereocenters. The van der Waals surface area contributed by atoms with Crippen LogP contribution in [0.2, 0.25) is 0 Å². The number of hydrogen-bond donors (Lipinski definition) is 1. The van der Waals surface area contributed by atoms with Crippen LogP contribution >= 0.6 is 0 Å². The fraction of sp³-hybridized carbons (Fsp3) is 0.929. The molecule has 1 N–H and O–H groups in total. The summed E-state index contributed by atoms with van der Waals surface area (Å²) in [7, 11) is 1.82. The number of nitrogens with one attached hydrogen (secondary N) is 1. The molecule has 1 rings (SSSR count). The van der Waals surface area contributed by atoms with Crippen LogP contribution in [0.5, 0.6) is 0 Å². The van der Waals surface area contributed by atoms with Crippen molar-refractivity contribution in [3.63, 3.8) is 0 Å². The van der Waals surface area contributed by atoms with E-state index in [4.69, 9.17) is 4.74 Å². The second-order valence-electron chi connectivity index (χ2n) is 6.24. The minimum absolute atomic E-state index is 0.215. The lowest BCUT2D eigenvalue weighted by Gasteiger charge is -2.26. The zero-order valence-electron chi connectivity index (χ0n) is 12.3. The summed E-state index contributed by atoms with van der Waals surface area (Å²) < 4.78 is 5.32. The second kappa shape index (κ2) is 6.98. The van der Waals surface area contributed by atoms with Crippen molar-refractivity contribution >= 4 is 6.09 Å². The lowest BCUT2D eigenvalue weighted by atomic mass is 9.93. The van der Waals surface area contributed by atoms with E-state index in [9.17, 15) is 4.79 Å². The van der Waals surface area contributed by atoms with E-state index in [2.05, 4.69) is 5.32 Å². The summed E-state index contributed by atoms with van der Waals surface area (Å²) in [5.74, 6) is 0.832. The smallest absolute Gasteiger partial charge is 0.410 e. The normalized spacial score (nSPS) is 17.6. The van der Waals surface area contributed by atoms with E-state index in [1.54, 1.807) is 4.90 Å². The third-order valence-corrected chi connectivity index (χ3v) is 3.27. The molecule has 1 amide bonds. The zero-order valence-corrected chi connectivity index (χ0v) is 12.3. The number of hydrogen-bond acceptors (Lipinski definition) is 3. The fourth-order valence-corrected chi connectivity index (χ4v) is 2.22. The molecule has 4 heteroatoms. The summed E-state index contributed by atoms with van der Waals surface area (Å²) in [6.45, 7) is 8.77. The number of piperidine rings is 1. The lowest BCUT2D eigenvalue weighted by molar-refractivity contribution is 0.0294. The average molecular weight is 256 g/mol. The number of ether oxygens (including phenoxy) is 1. The monoisotopic (exact) mass is 256 g/mol. The number of amides is 1. The molecule has 0 spiro atoms. The Bertz CT molecular complexity index is 255. The van der Waals surface area contributed by atoms with Crippen molar-refractivity contribution in [3.05, 3.63) is 0 Å². The van der Waals surface area contributed by atoms with E-state index in [1.165, 1.54) is 19.3 Å². The summed E-state index contributed by atoms with van der Waals surface area (Å²) >= 11 is 0. The Hall–Kier alpha value is -0.770. The molecule has 1 aliphatic rings. The van der Waals surface area contributed by atoms with Crippen LogP contribution in [0.1, 0.15) is 46.5 Å². The highest BCUT2D eigenvalue weighted by Crippen LogP contribution is 2.18. The molecule has 0 aliphatic carbocycles. The maximum absolute atomic E-state index is 11.7. The molecular formula is C14H28N2O2. The highest BCUT2D eigenvalue weighted by atomic mass is 16.6. The van der Waals surface area contributed by atoms with Gasteiger partial charge in [0.05, 0.1) is 0 Å². The van der Waals surface area contributed by atoms with Crippen molar-refractivity contribution < 1.29 is 9.53 Å². The van der Waals surface area contributed by atoms with Gasteiger partial charge in [0, 0.05) is 13.6 Å². The van der Waals surface area contributed by atoms with Crippen LogP contribution in [-0.4, -0.2) is 43.3 Å². The molecule has 18 heavy (non-hydrogen) atoms. The van der Waals surface area contributed by atoms with E-state index < -0.39 is 5.60 Å². The standard InChI is InChI=1S/C14H28N2O2/c1-14(2,3)18-13(17)16(4)11-5-6-12-7-9-15-10-8-12/h12,15H,5-11H2,1-4H3.